The van der Waals surface area contributed by atoms with Crippen molar-refractivity contribution in [2.75, 3.05) is 17.3 Å². The highest BCUT2D eigenvalue weighted by Gasteiger charge is 2.13. The summed E-state index contributed by atoms with van der Waals surface area (Å²) in [5.74, 6) is 0.606. The molecule has 0 bridgehead atoms. The van der Waals surface area contributed by atoms with Crippen LogP contribution in [-0.4, -0.2) is 36.5 Å². The Bertz CT molecular complexity index is 1060. The van der Waals surface area contributed by atoms with E-state index in [0.29, 0.717) is 17.7 Å². The van der Waals surface area contributed by atoms with Gasteiger partial charge in [-0.3, -0.25) is 10.1 Å². The molecule has 0 fully saturated rings. The van der Waals surface area contributed by atoms with Gasteiger partial charge in [-0.2, -0.15) is 0 Å². The summed E-state index contributed by atoms with van der Waals surface area (Å²) in [5, 5.41) is 10.3. The third-order valence-corrected chi connectivity index (χ3v) is 5.96. The summed E-state index contributed by atoms with van der Waals surface area (Å²) in [6.45, 7) is 2.03. The van der Waals surface area contributed by atoms with Gasteiger partial charge >= 0.3 is 6.01 Å². The van der Waals surface area contributed by atoms with Gasteiger partial charge in [0.25, 0.3) is 0 Å². The first-order valence-corrected chi connectivity index (χ1v) is 11.3. The van der Waals surface area contributed by atoms with Gasteiger partial charge in [0.2, 0.25) is 11.8 Å². The molecule has 0 spiro atoms. The fourth-order valence-corrected chi connectivity index (χ4v) is 3.80. The number of hydrogen-bond donors (Lipinski definition) is 1. The molecule has 9 heteroatoms. The molecule has 0 atom stereocenters. The van der Waals surface area contributed by atoms with Crippen molar-refractivity contribution in [1.82, 2.24) is 10.2 Å². The van der Waals surface area contributed by atoms with Gasteiger partial charge in [0.05, 0.1) is 4.90 Å². The van der Waals surface area contributed by atoms with E-state index < -0.39 is 9.84 Å². The number of rotatable bonds is 7. The molecule has 3 aromatic rings. The largest absolute Gasteiger partial charge is 0.403 e. The van der Waals surface area contributed by atoms with Crippen molar-refractivity contribution in [1.29, 1.82) is 0 Å². The molecule has 0 unspecified atom stereocenters. The lowest BCUT2D eigenvalue weighted by Crippen LogP contribution is -2.12. The van der Waals surface area contributed by atoms with Crippen molar-refractivity contribution in [2.45, 2.75) is 23.1 Å². The number of carbonyl (C=O) groups excluding carboxylic acids is 1. The Morgan fingerprint density at radius 1 is 1.07 bits per heavy atom. The van der Waals surface area contributed by atoms with Crippen molar-refractivity contribution >= 4 is 33.5 Å². The maximum atomic E-state index is 12.0. The topological polar surface area (TPSA) is 102 Å². The molecule has 1 amide bonds. The molecule has 3 rings (SSSR count). The highest BCUT2D eigenvalue weighted by Crippen LogP contribution is 2.22. The molecule has 1 heterocycles. The normalized spacial score (nSPS) is 11.4. The molecular formula is C19H19N3O4S2. The maximum absolute atomic E-state index is 12.0. The SMILES string of the molecule is Cc1ccc(SCCC(=O)Nc2nnc(-c3ccc(S(C)(=O)=O)cc3)o2)cc1. The van der Waals surface area contributed by atoms with E-state index in [0.717, 1.165) is 11.2 Å². The second-order valence-corrected chi connectivity index (χ2v) is 9.35. The average molecular weight is 418 g/mol. The average Bonchev–Trinajstić information content (AvgIpc) is 3.11. The van der Waals surface area contributed by atoms with Crippen LogP contribution in [0.1, 0.15) is 12.0 Å². The van der Waals surface area contributed by atoms with E-state index in [1.54, 1.807) is 23.9 Å². The standard InChI is InChI=1S/C19H19N3O4S2/c1-13-3-7-15(8-4-13)27-12-11-17(23)20-19-22-21-18(26-19)14-5-9-16(10-6-14)28(2,24)25/h3-10H,11-12H2,1-2H3,(H,20,22,23). The molecule has 0 saturated carbocycles. The first-order chi connectivity index (χ1) is 13.3. The zero-order chi connectivity index (χ0) is 20.1. The van der Waals surface area contributed by atoms with Crippen molar-refractivity contribution < 1.29 is 17.6 Å². The van der Waals surface area contributed by atoms with Gasteiger partial charge < -0.3 is 4.42 Å². The Morgan fingerprint density at radius 3 is 2.39 bits per heavy atom. The summed E-state index contributed by atoms with van der Waals surface area (Å²) >= 11 is 1.60. The predicted molar refractivity (Wildman–Crippen MR) is 108 cm³/mol. The third-order valence-electron chi connectivity index (χ3n) is 3.82. The van der Waals surface area contributed by atoms with E-state index in [-0.39, 0.29) is 22.7 Å². The van der Waals surface area contributed by atoms with E-state index in [1.807, 2.05) is 31.2 Å². The van der Waals surface area contributed by atoms with E-state index in [1.165, 1.54) is 17.7 Å². The van der Waals surface area contributed by atoms with Gasteiger partial charge in [0, 0.05) is 28.9 Å². The van der Waals surface area contributed by atoms with Crippen LogP contribution in [0.2, 0.25) is 0 Å². The molecular weight excluding hydrogens is 398 g/mol. The van der Waals surface area contributed by atoms with Crippen LogP contribution in [0.5, 0.6) is 0 Å². The third kappa shape index (κ3) is 5.43. The van der Waals surface area contributed by atoms with Crippen molar-refractivity contribution in [3.8, 4) is 11.5 Å². The number of hydrogen-bond acceptors (Lipinski definition) is 7. The summed E-state index contributed by atoms with van der Waals surface area (Å²) in [6.07, 6.45) is 1.44. The van der Waals surface area contributed by atoms with Crippen molar-refractivity contribution in [2.24, 2.45) is 0 Å². The molecule has 0 radical (unpaired) electrons. The van der Waals surface area contributed by atoms with Gasteiger partial charge in [-0.25, -0.2) is 8.42 Å². The van der Waals surface area contributed by atoms with Gasteiger partial charge in [-0.1, -0.05) is 22.8 Å². The Hall–Kier alpha value is -2.65. The smallest absolute Gasteiger partial charge is 0.322 e. The molecule has 1 aromatic heterocycles. The Morgan fingerprint density at radius 2 is 1.75 bits per heavy atom. The number of nitrogens with one attached hydrogen (secondary N) is 1. The van der Waals surface area contributed by atoms with Crippen LogP contribution in [0.4, 0.5) is 6.01 Å². The second-order valence-electron chi connectivity index (χ2n) is 6.17. The van der Waals surface area contributed by atoms with Crippen LogP contribution in [-0.2, 0) is 14.6 Å². The number of amides is 1. The first-order valence-electron chi connectivity index (χ1n) is 8.44. The monoisotopic (exact) mass is 417 g/mol. The van der Waals surface area contributed by atoms with Crippen LogP contribution in [0.25, 0.3) is 11.5 Å². The van der Waals surface area contributed by atoms with E-state index in [9.17, 15) is 13.2 Å². The van der Waals surface area contributed by atoms with Crippen LogP contribution in [0, 0.1) is 6.92 Å². The highest BCUT2D eigenvalue weighted by molar-refractivity contribution is 7.99. The van der Waals surface area contributed by atoms with Gasteiger partial charge in [-0.15, -0.1) is 16.9 Å². The zero-order valence-corrected chi connectivity index (χ0v) is 17.0. The fourth-order valence-electron chi connectivity index (χ4n) is 2.31. The highest BCUT2D eigenvalue weighted by atomic mass is 32.2. The quantitative estimate of drug-likeness (QED) is 0.586. The molecule has 0 aliphatic rings. The van der Waals surface area contributed by atoms with Crippen LogP contribution in [0.15, 0.2) is 62.7 Å². The molecule has 2 aromatic carbocycles. The summed E-state index contributed by atoms with van der Waals surface area (Å²) in [7, 11) is -3.27. The summed E-state index contributed by atoms with van der Waals surface area (Å²) in [5.41, 5.74) is 1.76. The Balaban J connectivity index is 1.53. The fraction of sp³-hybridized carbons (Fsp3) is 0.211. The van der Waals surface area contributed by atoms with Gasteiger partial charge in [0.1, 0.15) is 0 Å². The van der Waals surface area contributed by atoms with Gasteiger partial charge in [0.15, 0.2) is 9.84 Å². The van der Waals surface area contributed by atoms with Crippen LogP contribution in [0.3, 0.4) is 0 Å². The lowest BCUT2D eigenvalue weighted by atomic mass is 10.2. The number of thioether (sulfide) groups is 1. The molecule has 0 saturated heterocycles. The number of aryl methyl sites for hydroxylation is 1. The van der Waals surface area contributed by atoms with Gasteiger partial charge in [-0.05, 0) is 43.3 Å². The van der Waals surface area contributed by atoms with Crippen molar-refractivity contribution in [3.05, 3.63) is 54.1 Å². The Kier molecular flexibility index (Phi) is 6.15. The number of sulfone groups is 1. The van der Waals surface area contributed by atoms with E-state index in [4.69, 9.17) is 4.42 Å². The summed E-state index contributed by atoms with van der Waals surface area (Å²) in [4.78, 5) is 13.4. The van der Waals surface area contributed by atoms with E-state index in [2.05, 4.69) is 15.5 Å². The minimum atomic E-state index is -3.27. The zero-order valence-electron chi connectivity index (χ0n) is 15.4. The number of anilines is 1. The minimum absolute atomic E-state index is 0.00697. The number of nitrogens with zero attached hydrogens (tertiary/aromatic N) is 2. The number of carbonyl (C=O) groups is 1. The molecule has 0 aliphatic carbocycles. The Labute approximate surface area is 167 Å². The maximum Gasteiger partial charge on any atom is 0.322 e. The first kappa shape index (κ1) is 20.1. The predicted octanol–water partition coefficient (Wildman–Crippen LogP) is 3.57. The lowest BCUT2D eigenvalue weighted by Gasteiger charge is -2.02. The molecule has 28 heavy (non-hydrogen) atoms. The summed E-state index contributed by atoms with van der Waals surface area (Å²) in [6, 6.07) is 14.2. The molecule has 146 valence electrons. The van der Waals surface area contributed by atoms with Crippen molar-refractivity contribution in [3.63, 3.8) is 0 Å². The molecule has 0 aliphatic heterocycles. The number of aromatic nitrogens is 2. The molecule has 7 nitrogen and oxygen atoms in total. The van der Waals surface area contributed by atoms with Crippen LogP contribution >= 0.6 is 11.8 Å². The minimum Gasteiger partial charge on any atom is -0.403 e. The van der Waals surface area contributed by atoms with Crippen LogP contribution < -0.4 is 5.32 Å². The second kappa shape index (κ2) is 8.57. The lowest BCUT2D eigenvalue weighted by molar-refractivity contribution is -0.115. The molecule has 1 N–H and O–H groups in total. The number of benzene rings is 2. The van der Waals surface area contributed by atoms with E-state index >= 15 is 0 Å². The summed E-state index contributed by atoms with van der Waals surface area (Å²) < 4.78 is 28.4.